The summed E-state index contributed by atoms with van der Waals surface area (Å²) in [4.78, 5) is 11.9. The first-order chi connectivity index (χ1) is 9.85. The van der Waals surface area contributed by atoms with Gasteiger partial charge in [0, 0.05) is 31.9 Å². The van der Waals surface area contributed by atoms with Gasteiger partial charge in [0.15, 0.2) is 0 Å². The predicted molar refractivity (Wildman–Crippen MR) is 80.8 cm³/mol. The number of rotatable bonds is 4. The standard InChI is InChI=1S/C15H26N4O2/c1-15(2,3)21-14(20)18-13-7-5-6-12(13)16-10-11-8-9-17-19(11)4/h8-9,12-13,16H,5-7,10H2,1-4H3,(H,18,20)/t12-,13+/m0/s1. The molecule has 0 unspecified atom stereocenters. The highest BCUT2D eigenvalue weighted by Crippen LogP contribution is 2.20. The fraction of sp³-hybridized carbons (Fsp3) is 0.733. The Bertz CT molecular complexity index is 478. The van der Waals surface area contributed by atoms with Crippen molar-refractivity contribution in [1.82, 2.24) is 20.4 Å². The summed E-state index contributed by atoms with van der Waals surface area (Å²) < 4.78 is 7.18. The molecule has 21 heavy (non-hydrogen) atoms. The zero-order valence-electron chi connectivity index (χ0n) is 13.3. The van der Waals surface area contributed by atoms with Crippen LogP contribution in [0.3, 0.4) is 0 Å². The van der Waals surface area contributed by atoms with Gasteiger partial charge >= 0.3 is 6.09 Å². The molecular weight excluding hydrogens is 268 g/mol. The van der Waals surface area contributed by atoms with Gasteiger partial charge in [0.2, 0.25) is 0 Å². The Hall–Kier alpha value is -1.56. The van der Waals surface area contributed by atoms with E-state index in [0.29, 0.717) is 0 Å². The van der Waals surface area contributed by atoms with Crippen molar-refractivity contribution in [2.24, 2.45) is 7.05 Å². The van der Waals surface area contributed by atoms with Crippen LogP contribution in [-0.4, -0.2) is 33.6 Å². The van der Waals surface area contributed by atoms with Gasteiger partial charge in [-0.2, -0.15) is 5.10 Å². The van der Waals surface area contributed by atoms with Crippen LogP contribution in [0.15, 0.2) is 12.3 Å². The monoisotopic (exact) mass is 294 g/mol. The average Bonchev–Trinajstić information content (AvgIpc) is 2.93. The molecule has 0 radical (unpaired) electrons. The van der Waals surface area contributed by atoms with Crippen LogP contribution in [0, 0.1) is 0 Å². The lowest BCUT2D eigenvalue weighted by molar-refractivity contribution is 0.0498. The summed E-state index contributed by atoms with van der Waals surface area (Å²) in [7, 11) is 1.93. The lowest BCUT2D eigenvalue weighted by Crippen LogP contribution is -2.47. The van der Waals surface area contributed by atoms with Crippen LogP contribution in [-0.2, 0) is 18.3 Å². The van der Waals surface area contributed by atoms with E-state index in [9.17, 15) is 4.79 Å². The van der Waals surface area contributed by atoms with E-state index in [-0.39, 0.29) is 18.2 Å². The molecule has 6 nitrogen and oxygen atoms in total. The van der Waals surface area contributed by atoms with Gasteiger partial charge in [-0.25, -0.2) is 4.79 Å². The van der Waals surface area contributed by atoms with Crippen LogP contribution < -0.4 is 10.6 Å². The second-order valence-electron chi connectivity index (χ2n) is 6.62. The van der Waals surface area contributed by atoms with Crippen molar-refractivity contribution in [1.29, 1.82) is 0 Å². The number of hydrogen-bond donors (Lipinski definition) is 2. The molecule has 1 fully saturated rings. The fourth-order valence-corrected chi connectivity index (χ4v) is 2.65. The van der Waals surface area contributed by atoms with Crippen LogP contribution in [0.25, 0.3) is 0 Å². The number of amides is 1. The number of nitrogens with one attached hydrogen (secondary N) is 2. The van der Waals surface area contributed by atoms with E-state index in [1.807, 2.05) is 38.6 Å². The molecule has 2 atom stereocenters. The molecule has 1 heterocycles. The summed E-state index contributed by atoms with van der Waals surface area (Å²) in [5, 5.41) is 10.7. The summed E-state index contributed by atoms with van der Waals surface area (Å²) in [5.74, 6) is 0. The molecule has 0 aromatic carbocycles. The van der Waals surface area contributed by atoms with Crippen LogP contribution in [0.2, 0.25) is 0 Å². The molecule has 6 heteroatoms. The molecule has 1 aromatic heterocycles. The summed E-state index contributed by atoms with van der Waals surface area (Å²) >= 11 is 0. The molecule has 118 valence electrons. The second-order valence-corrected chi connectivity index (χ2v) is 6.62. The highest BCUT2D eigenvalue weighted by atomic mass is 16.6. The maximum absolute atomic E-state index is 11.9. The smallest absolute Gasteiger partial charge is 0.407 e. The maximum atomic E-state index is 11.9. The number of ether oxygens (including phenoxy) is 1. The van der Waals surface area contributed by atoms with Gasteiger partial charge in [0.05, 0.1) is 5.69 Å². The van der Waals surface area contributed by atoms with Crippen LogP contribution in [0.5, 0.6) is 0 Å². The topological polar surface area (TPSA) is 68.2 Å². The molecule has 2 N–H and O–H groups in total. The average molecular weight is 294 g/mol. The second kappa shape index (κ2) is 6.47. The fourth-order valence-electron chi connectivity index (χ4n) is 2.65. The van der Waals surface area contributed by atoms with Gasteiger partial charge in [0.1, 0.15) is 5.60 Å². The third-order valence-electron chi connectivity index (χ3n) is 3.69. The summed E-state index contributed by atoms with van der Waals surface area (Å²) in [6, 6.07) is 2.42. The minimum absolute atomic E-state index is 0.132. The molecule has 1 aliphatic rings. The molecule has 0 bridgehead atoms. The van der Waals surface area contributed by atoms with E-state index in [1.165, 1.54) is 0 Å². The van der Waals surface area contributed by atoms with E-state index in [1.54, 1.807) is 6.20 Å². The number of alkyl carbamates (subject to hydrolysis) is 1. The molecule has 0 spiro atoms. The van der Waals surface area contributed by atoms with Gasteiger partial charge < -0.3 is 15.4 Å². The third-order valence-corrected chi connectivity index (χ3v) is 3.69. The first-order valence-corrected chi connectivity index (χ1v) is 7.55. The van der Waals surface area contributed by atoms with Crippen molar-refractivity contribution < 1.29 is 9.53 Å². The Morgan fingerprint density at radius 3 is 2.76 bits per heavy atom. The molecular formula is C15H26N4O2. The number of carbonyl (C=O) groups is 1. The molecule has 0 saturated heterocycles. The number of nitrogens with zero attached hydrogens (tertiary/aromatic N) is 2. The zero-order chi connectivity index (χ0) is 15.5. The molecule has 1 aromatic rings. The molecule has 1 amide bonds. The number of carbonyl (C=O) groups excluding carboxylic acids is 1. The number of aryl methyl sites for hydroxylation is 1. The van der Waals surface area contributed by atoms with E-state index < -0.39 is 5.60 Å². The van der Waals surface area contributed by atoms with Gasteiger partial charge in [-0.15, -0.1) is 0 Å². The Kier molecular flexibility index (Phi) is 4.88. The summed E-state index contributed by atoms with van der Waals surface area (Å²) in [5.41, 5.74) is 0.679. The predicted octanol–water partition coefficient (Wildman–Crippen LogP) is 1.96. The lowest BCUT2D eigenvalue weighted by Gasteiger charge is -2.25. The Balaban J connectivity index is 1.83. The van der Waals surface area contributed by atoms with Crippen molar-refractivity contribution in [3.05, 3.63) is 18.0 Å². The van der Waals surface area contributed by atoms with Gasteiger partial charge in [-0.05, 0) is 46.1 Å². The molecule has 2 rings (SSSR count). The SMILES string of the molecule is Cn1nccc1CN[C@H]1CCC[C@H]1NC(=O)OC(C)(C)C. The first-order valence-electron chi connectivity index (χ1n) is 7.55. The van der Waals surface area contributed by atoms with E-state index in [4.69, 9.17) is 4.74 Å². The number of aromatic nitrogens is 2. The molecule has 1 aliphatic carbocycles. The Labute approximate surface area is 126 Å². The van der Waals surface area contributed by atoms with Crippen molar-refractivity contribution >= 4 is 6.09 Å². The van der Waals surface area contributed by atoms with Gasteiger partial charge in [0.25, 0.3) is 0 Å². The minimum Gasteiger partial charge on any atom is -0.444 e. The Morgan fingerprint density at radius 2 is 2.14 bits per heavy atom. The van der Waals surface area contributed by atoms with Crippen LogP contribution in [0.1, 0.15) is 45.7 Å². The number of hydrogen-bond acceptors (Lipinski definition) is 4. The van der Waals surface area contributed by atoms with Gasteiger partial charge in [-0.3, -0.25) is 4.68 Å². The van der Waals surface area contributed by atoms with Crippen LogP contribution >= 0.6 is 0 Å². The quantitative estimate of drug-likeness (QED) is 0.890. The largest absolute Gasteiger partial charge is 0.444 e. The summed E-state index contributed by atoms with van der Waals surface area (Å²) in [6.07, 6.45) is 4.63. The van der Waals surface area contributed by atoms with Crippen molar-refractivity contribution in [2.75, 3.05) is 0 Å². The highest BCUT2D eigenvalue weighted by Gasteiger charge is 2.29. The van der Waals surface area contributed by atoms with E-state index >= 15 is 0 Å². The Morgan fingerprint density at radius 1 is 1.43 bits per heavy atom. The highest BCUT2D eigenvalue weighted by molar-refractivity contribution is 5.68. The molecule has 0 aliphatic heterocycles. The maximum Gasteiger partial charge on any atom is 0.407 e. The first kappa shape index (κ1) is 15.8. The van der Waals surface area contributed by atoms with E-state index in [0.717, 1.165) is 31.5 Å². The van der Waals surface area contributed by atoms with E-state index in [2.05, 4.69) is 15.7 Å². The lowest BCUT2D eigenvalue weighted by atomic mass is 10.1. The van der Waals surface area contributed by atoms with Crippen molar-refractivity contribution in [3.63, 3.8) is 0 Å². The third kappa shape index (κ3) is 4.74. The molecule has 1 saturated carbocycles. The van der Waals surface area contributed by atoms with Gasteiger partial charge in [-0.1, -0.05) is 0 Å². The van der Waals surface area contributed by atoms with Crippen LogP contribution in [0.4, 0.5) is 4.79 Å². The summed E-state index contributed by atoms with van der Waals surface area (Å²) in [6.45, 7) is 6.38. The minimum atomic E-state index is -0.458. The van der Waals surface area contributed by atoms with Crippen molar-refractivity contribution in [3.8, 4) is 0 Å². The van der Waals surface area contributed by atoms with Crippen molar-refractivity contribution in [2.45, 2.75) is 64.3 Å². The zero-order valence-corrected chi connectivity index (χ0v) is 13.3. The normalized spacial score (nSPS) is 22.3.